The molecule has 5 heteroatoms. The van der Waals surface area contributed by atoms with E-state index in [9.17, 15) is 4.79 Å². The van der Waals surface area contributed by atoms with Crippen molar-refractivity contribution in [1.29, 1.82) is 0 Å². The molecule has 0 spiro atoms. The van der Waals surface area contributed by atoms with Crippen LogP contribution in [0.25, 0.3) is 0 Å². The Labute approximate surface area is 112 Å². The van der Waals surface area contributed by atoms with Crippen LogP contribution >= 0.6 is 0 Å². The van der Waals surface area contributed by atoms with E-state index >= 15 is 0 Å². The van der Waals surface area contributed by atoms with Crippen molar-refractivity contribution in [3.63, 3.8) is 0 Å². The number of carbonyl (C=O) groups excluding carboxylic acids is 1. The predicted molar refractivity (Wildman–Crippen MR) is 71.9 cm³/mol. The molecule has 0 atom stereocenters. The smallest absolute Gasteiger partial charge is 0.231 e. The molecule has 19 heavy (non-hydrogen) atoms. The number of hydrogen-bond donors (Lipinski definition) is 1. The van der Waals surface area contributed by atoms with Crippen LogP contribution in [-0.4, -0.2) is 30.7 Å². The highest BCUT2D eigenvalue weighted by Gasteiger charge is 2.16. The Hall–Kier alpha value is -2.01. The number of nitrogens with two attached hydrogens (primary N) is 1. The summed E-state index contributed by atoms with van der Waals surface area (Å²) in [4.78, 5) is 13.6. The highest BCUT2D eigenvalue weighted by Crippen LogP contribution is 2.32. The number of amides is 1. The summed E-state index contributed by atoms with van der Waals surface area (Å²) in [5.74, 6) is 1.50. The Kier molecular flexibility index (Phi) is 4.41. The molecule has 1 amide bonds. The fourth-order valence-corrected chi connectivity index (χ4v) is 1.95. The van der Waals surface area contributed by atoms with Crippen LogP contribution in [0.1, 0.15) is 12.0 Å². The van der Waals surface area contributed by atoms with Crippen molar-refractivity contribution in [3.8, 4) is 11.5 Å². The minimum absolute atomic E-state index is 0.0278. The second-order valence-corrected chi connectivity index (χ2v) is 4.29. The van der Waals surface area contributed by atoms with Crippen molar-refractivity contribution in [2.75, 3.05) is 19.9 Å². The summed E-state index contributed by atoms with van der Waals surface area (Å²) >= 11 is 0. The van der Waals surface area contributed by atoms with Gasteiger partial charge in [0.1, 0.15) is 0 Å². The van der Waals surface area contributed by atoms with Crippen molar-refractivity contribution in [3.05, 3.63) is 36.4 Å². The molecule has 0 unspecified atom stereocenters. The minimum atomic E-state index is 0.0278. The third-order valence-corrected chi connectivity index (χ3v) is 2.87. The SMILES string of the molecule is C=CCN(Cc1ccc2c(c1)OCO2)C(=O)CCN. The molecule has 0 fully saturated rings. The van der Waals surface area contributed by atoms with Crippen LogP contribution in [0.3, 0.4) is 0 Å². The Bertz CT molecular complexity index is 474. The average Bonchev–Trinajstić information content (AvgIpc) is 2.86. The van der Waals surface area contributed by atoms with Crippen LogP contribution in [0.15, 0.2) is 30.9 Å². The van der Waals surface area contributed by atoms with E-state index in [0.717, 1.165) is 17.1 Å². The molecule has 0 aliphatic carbocycles. The topological polar surface area (TPSA) is 64.8 Å². The zero-order valence-corrected chi connectivity index (χ0v) is 10.8. The molecular weight excluding hydrogens is 244 g/mol. The first-order valence-corrected chi connectivity index (χ1v) is 6.22. The highest BCUT2D eigenvalue weighted by molar-refractivity contribution is 5.76. The third-order valence-electron chi connectivity index (χ3n) is 2.87. The Morgan fingerprint density at radius 2 is 2.21 bits per heavy atom. The van der Waals surface area contributed by atoms with Gasteiger partial charge < -0.3 is 20.1 Å². The first-order valence-electron chi connectivity index (χ1n) is 6.22. The van der Waals surface area contributed by atoms with E-state index < -0.39 is 0 Å². The lowest BCUT2D eigenvalue weighted by Crippen LogP contribution is -2.32. The van der Waals surface area contributed by atoms with Gasteiger partial charge in [0.25, 0.3) is 0 Å². The van der Waals surface area contributed by atoms with Crippen molar-refractivity contribution in [1.82, 2.24) is 4.90 Å². The van der Waals surface area contributed by atoms with Crippen LogP contribution in [0.2, 0.25) is 0 Å². The van der Waals surface area contributed by atoms with Gasteiger partial charge in [0.05, 0.1) is 0 Å². The van der Waals surface area contributed by atoms with E-state index in [1.54, 1.807) is 11.0 Å². The minimum Gasteiger partial charge on any atom is -0.454 e. The second kappa shape index (κ2) is 6.24. The standard InChI is InChI=1S/C14H18N2O3/c1-2-7-16(14(17)5-6-15)9-11-3-4-12-13(8-11)19-10-18-12/h2-4,8H,1,5-7,9-10,15H2. The van der Waals surface area contributed by atoms with E-state index in [2.05, 4.69) is 6.58 Å². The molecule has 1 aliphatic heterocycles. The average molecular weight is 262 g/mol. The molecule has 1 aromatic rings. The normalized spacial score (nSPS) is 12.3. The molecule has 1 heterocycles. The van der Waals surface area contributed by atoms with Gasteiger partial charge in [-0.25, -0.2) is 0 Å². The predicted octanol–water partition coefficient (Wildman–Crippen LogP) is 1.28. The van der Waals surface area contributed by atoms with Gasteiger partial charge in [0, 0.05) is 26.1 Å². The van der Waals surface area contributed by atoms with Crippen LogP contribution in [-0.2, 0) is 11.3 Å². The summed E-state index contributed by atoms with van der Waals surface area (Å²) in [7, 11) is 0. The van der Waals surface area contributed by atoms with E-state index in [0.29, 0.717) is 26.1 Å². The number of carbonyl (C=O) groups is 1. The van der Waals surface area contributed by atoms with Gasteiger partial charge in [-0.1, -0.05) is 12.1 Å². The Morgan fingerprint density at radius 1 is 1.42 bits per heavy atom. The van der Waals surface area contributed by atoms with Gasteiger partial charge in [-0.15, -0.1) is 6.58 Å². The zero-order valence-electron chi connectivity index (χ0n) is 10.8. The fraction of sp³-hybridized carbons (Fsp3) is 0.357. The molecule has 0 radical (unpaired) electrons. The molecule has 2 N–H and O–H groups in total. The maximum absolute atomic E-state index is 11.9. The second-order valence-electron chi connectivity index (χ2n) is 4.29. The monoisotopic (exact) mass is 262 g/mol. The lowest BCUT2D eigenvalue weighted by atomic mass is 10.2. The highest BCUT2D eigenvalue weighted by atomic mass is 16.7. The third kappa shape index (κ3) is 3.26. The summed E-state index contributed by atoms with van der Waals surface area (Å²) in [6.07, 6.45) is 2.06. The van der Waals surface area contributed by atoms with E-state index in [4.69, 9.17) is 15.2 Å². The summed E-state index contributed by atoms with van der Waals surface area (Å²) in [6, 6.07) is 5.69. The molecule has 0 aromatic heterocycles. The largest absolute Gasteiger partial charge is 0.454 e. The van der Waals surface area contributed by atoms with Crippen molar-refractivity contribution in [2.45, 2.75) is 13.0 Å². The number of benzene rings is 1. The van der Waals surface area contributed by atoms with Gasteiger partial charge in [0.15, 0.2) is 11.5 Å². The van der Waals surface area contributed by atoms with Crippen molar-refractivity contribution in [2.24, 2.45) is 5.73 Å². The molecule has 0 saturated heterocycles. The molecule has 1 aliphatic rings. The lowest BCUT2D eigenvalue weighted by Gasteiger charge is -2.21. The number of nitrogens with zero attached hydrogens (tertiary/aromatic N) is 1. The molecule has 5 nitrogen and oxygen atoms in total. The Morgan fingerprint density at radius 3 is 2.95 bits per heavy atom. The summed E-state index contributed by atoms with van der Waals surface area (Å²) in [5, 5.41) is 0. The zero-order chi connectivity index (χ0) is 13.7. The van der Waals surface area contributed by atoms with Gasteiger partial charge in [-0.2, -0.15) is 0 Å². The van der Waals surface area contributed by atoms with Crippen molar-refractivity contribution < 1.29 is 14.3 Å². The summed E-state index contributed by atoms with van der Waals surface area (Å²) < 4.78 is 10.6. The van der Waals surface area contributed by atoms with Gasteiger partial charge in [-0.3, -0.25) is 4.79 Å². The van der Waals surface area contributed by atoms with Crippen molar-refractivity contribution >= 4 is 5.91 Å². The first kappa shape index (κ1) is 13.4. The van der Waals surface area contributed by atoms with E-state index in [1.165, 1.54) is 0 Å². The lowest BCUT2D eigenvalue weighted by molar-refractivity contribution is -0.131. The number of fused-ring (bicyclic) bond motifs is 1. The molecule has 0 saturated carbocycles. The maximum atomic E-state index is 11.9. The first-order chi connectivity index (χ1) is 9.24. The number of rotatable bonds is 6. The van der Waals surface area contributed by atoms with Crippen LogP contribution in [0, 0.1) is 0 Å². The molecular formula is C14H18N2O3. The number of hydrogen-bond acceptors (Lipinski definition) is 4. The summed E-state index contributed by atoms with van der Waals surface area (Å²) in [5.41, 5.74) is 6.42. The molecule has 1 aromatic carbocycles. The molecule has 102 valence electrons. The summed E-state index contributed by atoms with van der Waals surface area (Å²) in [6.45, 7) is 5.30. The Balaban J connectivity index is 2.08. The van der Waals surface area contributed by atoms with Crippen LogP contribution < -0.4 is 15.2 Å². The van der Waals surface area contributed by atoms with E-state index in [-0.39, 0.29) is 12.7 Å². The quantitative estimate of drug-likeness (QED) is 0.784. The van der Waals surface area contributed by atoms with E-state index in [1.807, 2.05) is 18.2 Å². The molecule has 0 bridgehead atoms. The van der Waals surface area contributed by atoms with Crippen LogP contribution in [0.4, 0.5) is 0 Å². The van der Waals surface area contributed by atoms with Crippen LogP contribution in [0.5, 0.6) is 11.5 Å². The van der Waals surface area contributed by atoms with Gasteiger partial charge >= 0.3 is 0 Å². The van der Waals surface area contributed by atoms with Gasteiger partial charge in [-0.05, 0) is 17.7 Å². The fourth-order valence-electron chi connectivity index (χ4n) is 1.95. The number of ether oxygens (including phenoxy) is 2. The molecule has 2 rings (SSSR count). The van der Waals surface area contributed by atoms with Gasteiger partial charge in [0.2, 0.25) is 12.7 Å². The maximum Gasteiger partial charge on any atom is 0.231 e.